The Morgan fingerprint density at radius 2 is 1.95 bits per heavy atom. The van der Waals surface area contributed by atoms with Gasteiger partial charge in [0.05, 0.1) is 6.26 Å². The van der Waals surface area contributed by atoms with Crippen molar-refractivity contribution in [3.05, 3.63) is 17.5 Å². The van der Waals surface area contributed by atoms with Crippen molar-refractivity contribution in [3.63, 3.8) is 0 Å². The van der Waals surface area contributed by atoms with Crippen LogP contribution < -0.4 is 10.7 Å². The van der Waals surface area contributed by atoms with Gasteiger partial charge in [-0.1, -0.05) is 0 Å². The molecule has 1 saturated heterocycles. The molecule has 1 aromatic rings. The van der Waals surface area contributed by atoms with Crippen LogP contribution in [0.4, 0.5) is 5.95 Å². The fourth-order valence-corrected chi connectivity index (χ4v) is 4.09. The van der Waals surface area contributed by atoms with Crippen molar-refractivity contribution < 1.29 is 12.4 Å². The van der Waals surface area contributed by atoms with E-state index in [4.69, 9.17) is 0 Å². The van der Waals surface area contributed by atoms with Gasteiger partial charge in [0.1, 0.15) is 13.1 Å². The van der Waals surface area contributed by atoms with Gasteiger partial charge in [0.15, 0.2) is 0 Å². The van der Waals surface area contributed by atoms with E-state index in [9.17, 15) is 8.42 Å². The third-order valence-electron chi connectivity index (χ3n) is 4.30. The molecule has 1 aliphatic carbocycles. The minimum atomic E-state index is -3.30. The van der Waals surface area contributed by atoms with Gasteiger partial charge in [-0.2, -0.15) is 13.8 Å². The third-order valence-corrected chi connectivity index (χ3v) is 6.03. The summed E-state index contributed by atoms with van der Waals surface area (Å²) in [6.45, 7) is 2.26. The highest BCUT2D eigenvalue weighted by atomic mass is 32.2. The van der Waals surface area contributed by atoms with Crippen molar-refractivity contribution >= 4 is 16.0 Å². The number of nitrogens with zero attached hydrogens (tertiary/aromatic N) is 3. The molecule has 0 radical (unpaired) electrons. The minimum absolute atomic E-state index is 0.182. The Morgan fingerprint density at radius 3 is 2.67 bits per heavy atom. The summed E-state index contributed by atoms with van der Waals surface area (Å²) in [4.78, 5) is 8.87. The van der Waals surface area contributed by atoms with E-state index in [-0.39, 0.29) is 4.00 Å². The van der Waals surface area contributed by atoms with Gasteiger partial charge in [0.25, 0.3) is 5.95 Å². The summed E-state index contributed by atoms with van der Waals surface area (Å²) < 4.78 is 24.3. The lowest BCUT2D eigenvalue weighted by Gasteiger charge is -2.37. The van der Waals surface area contributed by atoms with Crippen molar-refractivity contribution in [3.8, 4) is 0 Å². The summed E-state index contributed by atoms with van der Waals surface area (Å²) in [5.74, 6) is 0.419. The number of aromatic nitrogens is 2. The molecular formula is C13H22N5O2S+. The quantitative estimate of drug-likeness (QED) is 0.768. The number of hydrogen-bond donors (Lipinski definition) is 2. The normalized spacial score (nSPS) is 21.6. The topological polar surface area (TPSA) is 84.0 Å². The summed E-state index contributed by atoms with van der Waals surface area (Å²) in [5, 5.41) is 3.19. The fourth-order valence-electron chi connectivity index (χ4n) is 2.99. The van der Waals surface area contributed by atoms with E-state index in [0.29, 0.717) is 32.1 Å². The van der Waals surface area contributed by atoms with Crippen molar-refractivity contribution in [1.82, 2.24) is 15.3 Å². The number of anilines is 1. The second kappa shape index (κ2) is 5.51. The average molecular weight is 312 g/mol. The number of quaternary nitrogens is 1. The first-order valence-electron chi connectivity index (χ1n) is 7.41. The summed E-state index contributed by atoms with van der Waals surface area (Å²) in [6.07, 6.45) is 7.39. The summed E-state index contributed by atoms with van der Waals surface area (Å²) in [5.41, 5.74) is 5.32. The Labute approximate surface area is 125 Å². The van der Waals surface area contributed by atoms with Crippen LogP contribution in [0.1, 0.15) is 24.1 Å². The van der Waals surface area contributed by atoms with Gasteiger partial charge in [-0.25, -0.2) is 9.97 Å². The lowest BCUT2D eigenvalue weighted by molar-refractivity contribution is -0.785. The van der Waals surface area contributed by atoms with Crippen LogP contribution in [0.25, 0.3) is 0 Å². The van der Waals surface area contributed by atoms with Crippen molar-refractivity contribution in [2.24, 2.45) is 0 Å². The zero-order chi connectivity index (χ0) is 14.9. The second-order valence-corrected chi connectivity index (χ2v) is 7.97. The lowest BCUT2D eigenvalue weighted by atomic mass is 9.98. The first-order chi connectivity index (χ1) is 10.0. The summed E-state index contributed by atoms with van der Waals surface area (Å²) in [6, 6.07) is 0. The lowest BCUT2D eigenvalue weighted by Crippen LogP contribution is -2.64. The predicted octanol–water partition coefficient (Wildman–Crippen LogP) is 0.0619. The molecule has 116 valence electrons. The molecule has 1 aliphatic heterocycles. The molecule has 0 saturated carbocycles. The number of sulfonamides is 1. The molecule has 0 unspecified atom stereocenters. The van der Waals surface area contributed by atoms with Crippen LogP contribution in [0.5, 0.6) is 0 Å². The number of aryl methyl sites for hydroxylation is 2. The molecule has 3 rings (SSSR count). The molecule has 0 aromatic carbocycles. The van der Waals surface area contributed by atoms with Gasteiger partial charge in [-0.3, -0.25) is 0 Å². The molecule has 2 N–H and O–H groups in total. The molecule has 0 spiro atoms. The molecule has 21 heavy (non-hydrogen) atoms. The monoisotopic (exact) mass is 312 g/mol. The highest BCUT2D eigenvalue weighted by Crippen LogP contribution is 2.22. The van der Waals surface area contributed by atoms with Crippen LogP contribution >= 0.6 is 0 Å². The van der Waals surface area contributed by atoms with E-state index in [1.165, 1.54) is 18.2 Å². The van der Waals surface area contributed by atoms with Gasteiger partial charge in [0, 0.05) is 25.0 Å². The zero-order valence-electron chi connectivity index (χ0n) is 12.3. The molecule has 0 bridgehead atoms. The first-order valence-corrected chi connectivity index (χ1v) is 9.26. The smallest absolute Gasteiger partial charge is 0.306 e. The van der Waals surface area contributed by atoms with Crippen LogP contribution in [-0.4, -0.2) is 54.8 Å². The Kier molecular flexibility index (Phi) is 3.85. The zero-order valence-corrected chi connectivity index (χ0v) is 13.1. The molecule has 0 amide bonds. The Bertz CT molecular complexity index is 625. The molecule has 2 heterocycles. The maximum absolute atomic E-state index is 12.2. The van der Waals surface area contributed by atoms with Crippen LogP contribution in [0.15, 0.2) is 6.20 Å². The van der Waals surface area contributed by atoms with Crippen LogP contribution in [0.3, 0.4) is 0 Å². The summed E-state index contributed by atoms with van der Waals surface area (Å²) >= 11 is 0. The molecule has 2 aliphatic rings. The van der Waals surface area contributed by atoms with E-state index in [1.807, 2.05) is 6.20 Å². The van der Waals surface area contributed by atoms with Gasteiger partial charge < -0.3 is 5.32 Å². The third kappa shape index (κ3) is 2.88. The first kappa shape index (κ1) is 14.7. The Morgan fingerprint density at radius 1 is 1.24 bits per heavy atom. The standard InChI is InChI=1S/C13H22N5O2S/c1-21(19,20)18(8-6-14-7-9-18)17-13-15-10-11-4-2-3-5-12(11)16-13/h10,14H,2-9H2,1H3,(H,15,16,17)/q+1. The van der Waals surface area contributed by atoms with E-state index in [1.54, 1.807) is 0 Å². The Hall–Kier alpha value is -1.25. The van der Waals surface area contributed by atoms with Gasteiger partial charge in [-0.05, 0) is 31.2 Å². The largest absolute Gasteiger partial charge is 0.316 e. The minimum Gasteiger partial charge on any atom is -0.306 e. The molecule has 1 fully saturated rings. The van der Waals surface area contributed by atoms with E-state index < -0.39 is 10.0 Å². The average Bonchev–Trinajstić information content (AvgIpc) is 2.47. The number of fused-ring (bicyclic) bond motifs is 1. The van der Waals surface area contributed by atoms with Crippen LogP contribution in [0.2, 0.25) is 0 Å². The number of nitrogens with one attached hydrogen (secondary N) is 2. The highest BCUT2D eigenvalue weighted by molar-refractivity contribution is 7.85. The SMILES string of the molecule is CS(=O)(=O)[N+]1(Nc2ncc3c(n2)CCCC3)CCNCC1. The maximum atomic E-state index is 12.2. The van der Waals surface area contributed by atoms with E-state index in [2.05, 4.69) is 20.7 Å². The second-order valence-electron chi connectivity index (χ2n) is 5.80. The van der Waals surface area contributed by atoms with Crippen LogP contribution in [0, 0.1) is 0 Å². The number of rotatable bonds is 3. The van der Waals surface area contributed by atoms with Crippen LogP contribution in [-0.2, 0) is 22.9 Å². The summed E-state index contributed by atoms with van der Waals surface area (Å²) in [7, 11) is -3.30. The van der Waals surface area contributed by atoms with Gasteiger partial charge >= 0.3 is 10.0 Å². The molecule has 8 heteroatoms. The highest BCUT2D eigenvalue weighted by Gasteiger charge is 2.41. The molecule has 7 nitrogen and oxygen atoms in total. The molecule has 1 aromatic heterocycles. The van der Waals surface area contributed by atoms with Crippen molar-refractivity contribution in [2.45, 2.75) is 25.7 Å². The van der Waals surface area contributed by atoms with Gasteiger partial charge in [0.2, 0.25) is 0 Å². The maximum Gasteiger partial charge on any atom is 0.316 e. The number of hydrogen-bond acceptors (Lipinski definition) is 6. The molecule has 0 atom stereocenters. The van der Waals surface area contributed by atoms with Gasteiger partial charge in [-0.15, -0.1) is 4.00 Å². The molecular weight excluding hydrogens is 290 g/mol. The predicted molar refractivity (Wildman–Crippen MR) is 80.0 cm³/mol. The Balaban J connectivity index is 1.89. The van der Waals surface area contributed by atoms with Crippen molar-refractivity contribution in [2.75, 3.05) is 37.9 Å². The van der Waals surface area contributed by atoms with E-state index >= 15 is 0 Å². The number of piperazine rings is 1. The van der Waals surface area contributed by atoms with E-state index in [0.717, 1.165) is 25.0 Å². The fraction of sp³-hybridized carbons (Fsp3) is 0.692. The van der Waals surface area contributed by atoms with Crippen molar-refractivity contribution in [1.29, 1.82) is 0 Å².